The summed E-state index contributed by atoms with van der Waals surface area (Å²) in [4.78, 5) is 40.0. The molecule has 1 aliphatic heterocycles. The van der Waals surface area contributed by atoms with Crippen molar-refractivity contribution in [3.05, 3.63) is 96.7 Å². The molecule has 0 aliphatic carbocycles. The zero-order valence-electron chi connectivity index (χ0n) is 21.7. The van der Waals surface area contributed by atoms with Gasteiger partial charge in [0.15, 0.2) is 17.6 Å². The Hall–Kier alpha value is -4.58. The SMILES string of the molecule is COc1ccc(Oc2c(C)cc(-n3nc(C(=O)OCC4COc5ccccc5O4)c(=O)[nH]c3=O)cc2C)cc1Br. The summed E-state index contributed by atoms with van der Waals surface area (Å²) in [6.07, 6.45) is -0.576. The number of carbonyl (C=O) groups excluding carboxylic acids is 1. The Kier molecular flexibility index (Phi) is 7.60. The van der Waals surface area contributed by atoms with Crippen LogP contribution in [0.4, 0.5) is 0 Å². The highest BCUT2D eigenvalue weighted by Gasteiger charge is 2.25. The smallest absolute Gasteiger partial charge is 0.364 e. The third kappa shape index (κ3) is 5.57. The van der Waals surface area contributed by atoms with Gasteiger partial charge in [0.2, 0.25) is 5.69 Å². The van der Waals surface area contributed by atoms with Gasteiger partial charge in [-0.15, -0.1) is 0 Å². The summed E-state index contributed by atoms with van der Waals surface area (Å²) < 4.78 is 29.7. The molecule has 1 N–H and O–H groups in total. The summed E-state index contributed by atoms with van der Waals surface area (Å²) in [5, 5.41) is 4.02. The lowest BCUT2D eigenvalue weighted by Gasteiger charge is -2.25. The van der Waals surface area contributed by atoms with E-state index < -0.39 is 29.0 Å². The minimum atomic E-state index is -1.00. The quantitative estimate of drug-likeness (QED) is 0.308. The first-order valence-electron chi connectivity index (χ1n) is 12.2. The first-order chi connectivity index (χ1) is 19.2. The number of hydrogen-bond acceptors (Lipinski definition) is 9. The highest BCUT2D eigenvalue weighted by Crippen LogP contribution is 2.35. The standard InChI is InChI=1S/C28H24BrN3O8/c1-15-10-17(11-16(2)25(15)40-18-8-9-21(36-3)20(29)12-18)32-28(35)30-26(33)24(31-32)27(34)38-14-19-13-37-22-6-4-5-7-23(22)39-19/h4-12,19H,13-14H2,1-3H3,(H,30,33,35). The fraction of sp³-hybridized carbons (Fsp3) is 0.214. The van der Waals surface area contributed by atoms with E-state index in [-0.39, 0.29) is 13.2 Å². The number of benzene rings is 3. The lowest BCUT2D eigenvalue weighted by molar-refractivity contribution is 0.0102. The number of H-pyrrole nitrogens is 1. The average molecular weight is 610 g/mol. The molecule has 0 saturated carbocycles. The Bertz CT molecular complexity index is 1690. The number of fused-ring (bicyclic) bond motifs is 1. The number of aromatic amines is 1. The molecule has 0 saturated heterocycles. The number of methoxy groups -OCH3 is 1. The maximum atomic E-state index is 12.8. The molecule has 1 aromatic heterocycles. The van der Waals surface area contributed by atoms with Gasteiger partial charge in [-0.05, 0) is 83.4 Å². The Morgan fingerprint density at radius 2 is 1.82 bits per heavy atom. The molecule has 0 bridgehead atoms. The van der Waals surface area contributed by atoms with Gasteiger partial charge in [-0.3, -0.25) is 9.78 Å². The number of nitrogens with one attached hydrogen (secondary N) is 1. The zero-order valence-corrected chi connectivity index (χ0v) is 23.3. The van der Waals surface area contributed by atoms with Crippen LogP contribution < -0.4 is 30.2 Å². The number of nitrogens with zero attached hydrogens (tertiary/aromatic N) is 2. The number of aromatic nitrogens is 3. The van der Waals surface area contributed by atoms with Gasteiger partial charge >= 0.3 is 11.7 Å². The number of ether oxygens (including phenoxy) is 5. The summed E-state index contributed by atoms with van der Waals surface area (Å²) >= 11 is 3.44. The molecule has 206 valence electrons. The predicted molar refractivity (Wildman–Crippen MR) is 147 cm³/mol. The average Bonchev–Trinajstić information content (AvgIpc) is 2.93. The van der Waals surface area contributed by atoms with E-state index in [4.69, 9.17) is 23.7 Å². The van der Waals surface area contributed by atoms with Gasteiger partial charge < -0.3 is 23.7 Å². The van der Waals surface area contributed by atoms with Gasteiger partial charge in [0, 0.05) is 0 Å². The second kappa shape index (κ2) is 11.3. The number of halogens is 1. The van der Waals surface area contributed by atoms with Gasteiger partial charge in [-0.1, -0.05) is 12.1 Å². The highest BCUT2D eigenvalue weighted by atomic mass is 79.9. The van der Waals surface area contributed by atoms with Crippen LogP contribution in [0.5, 0.6) is 28.7 Å². The summed E-state index contributed by atoms with van der Waals surface area (Å²) in [5.41, 5.74) is -0.629. The van der Waals surface area contributed by atoms with E-state index in [0.717, 1.165) is 9.15 Å². The summed E-state index contributed by atoms with van der Waals surface area (Å²) in [6, 6.07) is 15.8. The molecule has 12 heteroatoms. The monoisotopic (exact) mass is 609 g/mol. The summed E-state index contributed by atoms with van der Waals surface area (Å²) in [7, 11) is 1.57. The van der Waals surface area contributed by atoms with E-state index in [9.17, 15) is 14.4 Å². The van der Waals surface area contributed by atoms with Crippen LogP contribution in [0.15, 0.2) is 68.7 Å². The first-order valence-corrected chi connectivity index (χ1v) is 12.9. The molecule has 40 heavy (non-hydrogen) atoms. The van der Waals surface area contributed by atoms with Crippen molar-refractivity contribution in [3.63, 3.8) is 0 Å². The molecule has 1 unspecified atom stereocenters. The number of para-hydroxylation sites is 2. The second-order valence-corrected chi connectivity index (χ2v) is 9.78. The van der Waals surface area contributed by atoms with Gasteiger partial charge in [-0.25, -0.2) is 9.59 Å². The summed E-state index contributed by atoms with van der Waals surface area (Å²) in [6.45, 7) is 3.59. The molecule has 5 rings (SSSR count). The van der Waals surface area contributed by atoms with Crippen LogP contribution in [0, 0.1) is 13.8 Å². The molecule has 0 spiro atoms. The Labute approximate surface area is 236 Å². The van der Waals surface area contributed by atoms with Crippen molar-refractivity contribution in [1.29, 1.82) is 0 Å². The minimum Gasteiger partial charge on any atom is -0.496 e. The van der Waals surface area contributed by atoms with E-state index in [2.05, 4.69) is 26.0 Å². The number of rotatable bonds is 7. The lowest BCUT2D eigenvalue weighted by atomic mass is 10.1. The van der Waals surface area contributed by atoms with Gasteiger partial charge in [0.05, 0.1) is 17.3 Å². The van der Waals surface area contributed by atoms with Crippen LogP contribution in [0.1, 0.15) is 21.6 Å². The van der Waals surface area contributed by atoms with Crippen molar-refractivity contribution < 1.29 is 28.5 Å². The number of esters is 1. The molecule has 0 amide bonds. The van der Waals surface area contributed by atoms with Crippen molar-refractivity contribution >= 4 is 21.9 Å². The summed E-state index contributed by atoms with van der Waals surface area (Å²) in [5.74, 6) is 1.93. The third-order valence-corrected chi connectivity index (χ3v) is 6.64. The van der Waals surface area contributed by atoms with E-state index in [0.29, 0.717) is 45.6 Å². The Balaban J connectivity index is 1.35. The van der Waals surface area contributed by atoms with Crippen LogP contribution in [0.25, 0.3) is 5.69 Å². The highest BCUT2D eigenvalue weighted by molar-refractivity contribution is 9.10. The van der Waals surface area contributed by atoms with E-state index in [1.54, 1.807) is 69.5 Å². The molecular formula is C28H24BrN3O8. The first kappa shape index (κ1) is 27.0. The molecule has 1 aliphatic rings. The van der Waals surface area contributed by atoms with Crippen LogP contribution in [0.3, 0.4) is 0 Å². The minimum absolute atomic E-state index is 0.161. The molecule has 2 heterocycles. The largest absolute Gasteiger partial charge is 0.496 e. The van der Waals surface area contributed by atoms with Crippen molar-refractivity contribution in [2.75, 3.05) is 20.3 Å². The number of carbonyl (C=O) groups is 1. The lowest BCUT2D eigenvalue weighted by Crippen LogP contribution is -2.38. The molecule has 1 atom stereocenters. The molecular weight excluding hydrogens is 586 g/mol. The molecule has 0 fully saturated rings. The Morgan fingerprint density at radius 3 is 2.52 bits per heavy atom. The van der Waals surface area contributed by atoms with Crippen LogP contribution in [0.2, 0.25) is 0 Å². The van der Waals surface area contributed by atoms with Gasteiger partial charge in [-0.2, -0.15) is 9.78 Å². The molecule has 11 nitrogen and oxygen atoms in total. The maximum Gasteiger partial charge on any atom is 0.364 e. The van der Waals surface area contributed by atoms with Gasteiger partial charge in [0.1, 0.15) is 30.5 Å². The third-order valence-electron chi connectivity index (χ3n) is 6.02. The van der Waals surface area contributed by atoms with Crippen LogP contribution in [-0.2, 0) is 4.74 Å². The molecule has 0 radical (unpaired) electrons. The number of aryl methyl sites for hydroxylation is 2. The fourth-order valence-electron chi connectivity index (χ4n) is 4.13. The number of hydrogen-bond donors (Lipinski definition) is 1. The van der Waals surface area contributed by atoms with E-state index in [1.165, 1.54) is 0 Å². The molecule has 3 aromatic carbocycles. The van der Waals surface area contributed by atoms with Crippen LogP contribution >= 0.6 is 15.9 Å². The van der Waals surface area contributed by atoms with Crippen LogP contribution in [-0.4, -0.2) is 47.2 Å². The topological polar surface area (TPSA) is 131 Å². The Morgan fingerprint density at radius 1 is 1.10 bits per heavy atom. The maximum absolute atomic E-state index is 12.8. The van der Waals surface area contributed by atoms with Gasteiger partial charge in [0.25, 0.3) is 5.56 Å². The van der Waals surface area contributed by atoms with E-state index in [1.807, 2.05) is 6.07 Å². The van der Waals surface area contributed by atoms with Crippen molar-refractivity contribution in [3.8, 4) is 34.4 Å². The molecule has 4 aromatic rings. The van der Waals surface area contributed by atoms with Crippen molar-refractivity contribution in [2.24, 2.45) is 0 Å². The predicted octanol–water partition coefficient (Wildman–Crippen LogP) is 4.10. The fourth-order valence-corrected chi connectivity index (χ4v) is 4.65. The van der Waals surface area contributed by atoms with E-state index >= 15 is 0 Å². The van der Waals surface area contributed by atoms with Crippen molar-refractivity contribution in [2.45, 2.75) is 20.0 Å². The second-order valence-electron chi connectivity index (χ2n) is 8.92. The van der Waals surface area contributed by atoms with Crippen molar-refractivity contribution in [1.82, 2.24) is 14.8 Å². The zero-order chi connectivity index (χ0) is 28.4. The normalized spacial score (nSPS) is 13.9.